The molecule has 0 unspecified atom stereocenters. The Hall–Kier alpha value is -4.36. The maximum atomic E-state index is 15.0. The fourth-order valence-electron chi connectivity index (χ4n) is 6.97. The average molecular weight is 695 g/mol. The Bertz CT molecular complexity index is 2040. The minimum absolute atomic E-state index is 0.00384. The van der Waals surface area contributed by atoms with Crippen LogP contribution in [0, 0.1) is 5.82 Å². The van der Waals surface area contributed by atoms with Crippen molar-refractivity contribution < 1.29 is 32.5 Å². The number of piperazine rings is 1. The van der Waals surface area contributed by atoms with Crippen LogP contribution in [0.25, 0.3) is 11.0 Å². The minimum atomic E-state index is -1.36. The van der Waals surface area contributed by atoms with E-state index in [-0.39, 0.29) is 17.6 Å². The van der Waals surface area contributed by atoms with Gasteiger partial charge in [0.1, 0.15) is 23.4 Å². The molecule has 2 saturated heterocycles. The Balaban J connectivity index is 1.09. The van der Waals surface area contributed by atoms with Crippen molar-refractivity contribution >= 4 is 45.9 Å². The predicted octanol–water partition coefficient (Wildman–Crippen LogP) is 6.04. The quantitative estimate of drug-likeness (QED) is 0.188. The van der Waals surface area contributed by atoms with Crippen LogP contribution in [-0.2, 0) is 28.4 Å². The van der Waals surface area contributed by atoms with Crippen LogP contribution in [0.15, 0.2) is 65.6 Å². The molecule has 8 rings (SSSR count). The number of carbonyl (C=O) groups excluding carboxylic acids is 1. The lowest BCUT2D eigenvalue weighted by atomic mass is 10.0. The molecule has 0 saturated carbocycles. The van der Waals surface area contributed by atoms with Crippen LogP contribution in [-0.4, -0.2) is 70.9 Å². The molecule has 0 N–H and O–H groups in total. The van der Waals surface area contributed by atoms with Gasteiger partial charge in [0.15, 0.2) is 17.9 Å². The fourth-order valence-corrected chi connectivity index (χ4v) is 7.38. The van der Waals surface area contributed by atoms with Gasteiger partial charge in [-0.1, -0.05) is 29.3 Å². The number of hydrogen-bond acceptors (Lipinski definition) is 10. The molecule has 3 aliphatic heterocycles. The number of halogens is 3. The number of anilines is 1. The Kier molecular flexibility index (Phi) is 7.71. The van der Waals surface area contributed by atoms with E-state index < -0.39 is 17.6 Å². The van der Waals surface area contributed by atoms with Crippen molar-refractivity contribution in [2.75, 3.05) is 38.3 Å². The van der Waals surface area contributed by atoms with E-state index in [0.29, 0.717) is 83.2 Å². The molecule has 5 heterocycles. The highest BCUT2D eigenvalue weighted by Crippen LogP contribution is 2.51. The van der Waals surface area contributed by atoms with Crippen molar-refractivity contribution in [1.82, 2.24) is 19.4 Å². The van der Waals surface area contributed by atoms with E-state index in [4.69, 9.17) is 51.6 Å². The monoisotopic (exact) mass is 693 g/mol. The molecule has 0 radical (unpaired) electrons. The minimum Gasteiger partial charge on any atom is -0.465 e. The van der Waals surface area contributed by atoms with Crippen LogP contribution in [0.3, 0.4) is 0 Å². The van der Waals surface area contributed by atoms with Crippen molar-refractivity contribution in [3.63, 3.8) is 0 Å². The highest BCUT2D eigenvalue weighted by atomic mass is 35.5. The molecule has 2 fully saturated rings. The van der Waals surface area contributed by atoms with E-state index >= 15 is 0 Å². The predicted molar refractivity (Wildman–Crippen MR) is 174 cm³/mol. The Labute approximate surface area is 284 Å². The number of hydrogen-bond donors (Lipinski definition) is 0. The van der Waals surface area contributed by atoms with E-state index in [9.17, 15) is 9.18 Å². The van der Waals surface area contributed by atoms with Gasteiger partial charge in [0, 0.05) is 25.0 Å². The highest BCUT2D eigenvalue weighted by molar-refractivity contribution is 6.35. The van der Waals surface area contributed by atoms with Gasteiger partial charge in [-0.2, -0.15) is 0 Å². The highest BCUT2D eigenvalue weighted by Gasteiger charge is 2.46. The summed E-state index contributed by atoms with van der Waals surface area (Å²) in [5, 5.41) is 0.648. The molecule has 3 atom stereocenters. The molecule has 248 valence electrons. The molecule has 14 heteroatoms. The largest absolute Gasteiger partial charge is 0.465 e. The van der Waals surface area contributed by atoms with E-state index in [1.54, 1.807) is 37.5 Å². The third-order valence-corrected chi connectivity index (χ3v) is 9.79. The van der Waals surface area contributed by atoms with Gasteiger partial charge in [0.25, 0.3) is 5.79 Å². The number of para-hydroxylation sites is 1. The maximum Gasteiger partial charge on any atom is 0.337 e. The number of imidazole rings is 1. The van der Waals surface area contributed by atoms with Crippen molar-refractivity contribution in [3.8, 4) is 11.5 Å². The third-order valence-electron chi connectivity index (χ3n) is 9.26. The Morgan fingerprint density at radius 2 is 1.94 bits per heavy atom. The van der Waals surface area contributed by atoms with Crippen LogP contribution < -0.4 is 14.4 Å². The third kappa shape index (κ3) is 5.23. The van der Waals surface area contributed by atoms with Crippen molar-refractivity contribution in [3.05, 3.63) is 99.7 Å². The summed E-state index contributed by atoms with van der Waals surface area (Å²) in [6, 6.07) is 13.5. The summed E-state index contributed by atoms with van der Waals surface area (Å²) >= 11 is 12.7. The van der Waals surface area contributed by atoms with Crippen LogP contribution in [0.4, 0.5) is 10.1 Å². The Morgan fingerprint density at radius 3 is 2.73 bits per heavy atom. The summed E-state index contributed by atoms with van der Waals surface area (Å²) in [4.78, 5) is 26.4. The summed E-state index contributed by atoms with van der Waals surface area (Å²) in [6.45, 7) is 4.95. The second-order valence-electron chi connectivity index (χ2n) is 12.1. The standard InChI is InChI=1S/C34H30Cl2FN5O6/c1-34(22-7-6-20(35)12-24(22)37)47-29-5-3-4-25(32(29)48-34)41-9-8-40(27-16-45-17-28(27)41)14-30-39-31-23(36)10-19(33(43)44-2)11-26(31)42(30)13-21-15-46-18-38-21/h3-7,10-12,15,18,27-28H,8-9,13-14,16-17H2,1-2H3/t27-,28+,34-/m0/s1. The first kappa shape index (κ1) is 30.9. The summed E-state index contributed by atoms with van der Waals surface area (Å²) < 4.78 is 45.9. The fraction of sp³-hybridized carbons (Fsp3) is 0.324. The lowest BCUT2D eigenvalue weighted by Crippen LogP contribution is -2.59. The van der Waals surface area contributed by atoms with Crippen molar-refractivity contribution in [2.24, 2.45) is 0 Å². The van der Waals surface area contributed by atoms with Gasteiger partial charge in [0.05, 0.1) is 78.5 Å². The van der Waals surface area contributed by atoms with E-state index in [1.807, 2.05) is 22.8 Å². The summed E-state index contributed by atoms with van der Waals surface area (Å²) in [6.07, 6.45) is 2.96. The number of benzene rings is 3. The van der Waals surface area contributed by atoms with Gasteiger partial charge in [-0.25, -0.2) is 19.2 Å². The molecule has 0 bridgehead atoms. The van der Waals surface area contributed by atoms with Gasteiger partial charge in [-0.3, -0.25) is 4.90 Å². The lowest BCUT2D eigenvalue weighted by Gasteiger charge is -2.44. The van der Waals surface area contributed by atoms with Crippen LogP contribution >= 0.6 is 23.2 Å². The molecular formula is C34H30Cl2FN5O6. The lowest BCUT2D eigenvalue weighted by molar-refractivity contribution is -0.0705. The van der Waals surface area contributed by atoms with Crippen LogP contribution in [0.1, 0.15) is 34.4 Å². The zero-order valence-electron chi connectivity index (χ0n) is 26.0. The second-order valence-corrected chi connectivity index (χ2v) is 13.0. The van der Waals surface area contributed by atoms with Crippen LogP contribution in [0.2, 0.25) is 10.0 Å². The molecule has 0 aliphatic carbocycles. The number of esters is 1. The number of nitrogens with zero attached hydrogens (tertiary/aromatic N) is 5. The number of carbonyl (C=O) groups is 1. The zero-order chi connectivity index (χ0) is 33.2. The number of rotatable bonds is 7. The molecule has 48 heavy (non-hydrogen) atoms. The molecule has 5 aromatic rings. The van der Waals surface area contributed by atoms with Gasteiger partial charge in [-0.15, -0.1) is 0 Å². The van der Waals surface area contributed by atoms with Crippen molar-refractivity contribution in [2.45, 2.75) is 37.9 Å². The topological polar surface area (TPSA) is 104 Å². The molecule has 11 nitrogen and oxygen atoms in total. The first-order chi connectivity index (χ1) is 23.2. The molecule has 2 aromatic heterocycles. The van der Waals surface area contributed by atoms with Gasteiger partial charge in [0.2, 0.25) is 0 Å². The molecule has 3 aliphatic rings. The molecular weight excluding hydrogens is 664 g/mol. The normalized spacial score (nSPS) is 22.0. The van der Waals surface area contributed by atoms with E-state index in [2.05, 4.69) is 14.8 Å². The zero-order valence-corrected chi connectivity index (χ0v) is 27.5. The molecule has 3 aromatic carbocycles. The summed E-state index contributed by atoms with van der Waals surface area (Å²) in [5.41, 5.74) is 3.41. The number of ether oxygens (including phenoxy) is 4. The molecule has 0 amide bonds. The van der Waals surface area contributed by atoms with Crippen molar-refractivity contribution in [1.29, 1.82) is 0 Å². The van der Waals surface area contributed by atoms with Gasteiger partial charge < -0.3 is 32.8 Å². The number of oxazole rings is 1. The van der Waals surface area contributed by atoms with Gasteiger partial charge in [-0.05, 0) is 42.5 Å². The first-order valence-electron chi connectivity index (χ1n) is 15.4. The van der Waals surface area contributed by atoms with E-state index in [1.165, 1.54) is 19.6 Å². The average Bonchev–Trinajstić information content (AvgIpc) is 3.88. The first-order valence-corrected chi connectivity index (χ1v) is 16.2. The number of fused-ring (bicyclic) bond motifs is 3. The van der Waals surface area contributed by atoms with Gasteiger partial charge >= 0.3 is 5.97 Å². The summed E-state index contributed by atoms with van der Waals surface area (Å²) in [5.74, 6) is -0.509. The Morgan fingerprint density at radius 1 is 1.08 bits per heavy atom. The van der Waals surface area contributed by atoms with Crippen LogP contribution in [0.5, 0.6) is 11.5 Å². The second kappa shape index (κ2) is 12.0. The summed E-state index contributed by atoms with van der Waals surface area (Å²) in [7, 11) is 1.33. The number of methoxy groups -OCH3 is 1. The maximum absolute atomic E-state index is 15.0. The smallest absolute Gasteiger partial charge is 0.337 e. The number of aromatic nitrogens is 3. The molecule has 0 spiro atoms. The SMILES string of the molecule is COC(=O)c1cc(Cl)c2nc(CN3CCN(c4cccc5c4O[C@@](C)(c4ccc(Cl)cc4F)O5)[C@@H]4COC[C@@H]43)n(Cc3cocn3)c2c1. The van der Waals surface area contributed by atoms with E-state index in [0.717, 1.165) is 11.5 Å².